The minimum absolute atomic E-state index is 0.0168. The highest BCUT2D eigenvalue weighted by atomic mass is 32.2. The summed E-state index contributed by atoms with van der Waals surface area (Å²) in [5.74, 6) is -2.96. The molecule has 0 spiro atoms. The number of nitrogens with one attached hydrogen (secondary N) is 2. The lowest BCUT2D eigenvalue weighted by molar-refractivity contribution is -0.146. The Hall–Kier alpha value is -3.27. The normalized spacial score (nSPS) is 24.6. The Kier molecular flexibility index (Phi) is 5.02. The Morgan fingerprint density at radius 2 is 1.73 bits per heavy atom. The summed E-state index contributed by atoms with van der Waals surface area (Å²) in [7, 11) is -3.89. The van der Waals surface area contributed by atoms with Crippen molar-refractivity contribution in [3.05, 3.63) is 54.4 Å². The summed E-state index contributed by atoms with van der Waals surface area (Å²) in [5.41, 5.74) is 1.01. The first kappa shape index (κ1) is 20.0. The van der Waals surface area contributed by atoms with Crippen LogP contribution in [0.4, 0.5) is 11.6 Å². The minimum atomic E-state index is -3.89. The number of aliphatic carboxylic acids is 1. The number of fused-ring (bicyclic) bond motifs is 2. The number of sulfonamides is 1. The summed E-state index contributed by atoms with van der Waals surface area (Å²) in [6.45, 7) is 1.72. The van der Waals surface area contributed by atoms with E-state index in [1.807, 2.05) is 12.2 Å². The number of aryl methyl sites for hydroxylation is 1. The molecular weight excluding hydrogens is 408 g/mol. The van der Waals surface area contributed by atoms with Crippen molar-refractivity contribution in [1.82, 2.24) is 9.97 Å². The second-order valence-corrected chi connectivity index (χ2v) is 9.16. The predicted octanol–water partition coefficient (Wildman–Crippen LogP) is 2.05. The zero-order chi connectivity index (χ0) is 21.5. The van der Waals surface area contributed by atoms with E-state index in [1.165, 1.54) is 30.5 Å². The fourth-order valence-corrected chi connectivity index (χ4v) is 5.09. The van der Waals surface area contributed by atoms with Crippen molar-refractivity contribution in [3.63, 3.8) is 0 Å². The molecule has 0 radical (unpaired) electrons. The maximum atomic E-state index is 12.7. The summed E-state index contributed by atoms with van der Waals surface area (Å²) < 4.78 is 27.3. The lowest BCUT2D eigenvalue weighted by Crippen LogP contribution is -2.36. The van der Waals surface area contributed by atoms with Gasteiger partial charge in [0.25, 0.3) is 10.0 Å². The molecule has 1 heterocycles. The van der Waals surface area contributed by atoms with E-state index in [0.29, 0.717) is 17.8 Å². The topological polar surface area (TPSA) is 138 Å². The number of carboxylic acids is 1. The van der Waals surface area contributed by atoms with Crippen LogP contribution < -0.4 is 10.0 Å². The molecule has 0 saturated heterocycles. The van der Waals surface area contributed by atoms with Crippen molar-refractivity contribution < 1.29 is 23.1 Å². The largest absolute Gasteiger partial charge is 0.481 e. The van der Waals surface area contributed by atoms with Crippen LogP contribution >= 0.6 is 0 Å². The number of benzene rings is 1. The van der Waals surface area contributed by atoms with Gasteiger partial charge in [0.15, 0.2) is 0 Å². The van der Waals surface area contributed by atoms with Gasteiger partial charge in [-0.1, -0.05) is 12.2 Å². The molecule has 0 unspecified atom stereocenters. The quantitative estimate of drug-likeness (QED) is 0.599. The molecule has 9 nitrogen and oxygen atoms in total. The van der Waals surface area contributed by atoms with Gasteiger partial charge in [-0.15, -0.1) is 0 Å². The first-order chi connectivity index (χ1) is 14.2. The molecule has 156 valence electrons. The maximum Gasteiger partial charge on any atom is 0.307 e. The predicted molar refractivity (Wildman–Crippen MR) is 108 cm³/mol. The molecule has 1 amide bonds. The van der Waals surface area contributed by atoms with E-state index in [2.05, 4.69) is 20.0 Å². The number of hydrogen-bond acceptors (Lipinski definition) is 6. The molecule has 4 rings (SSSR count). The fourth-order valence-electron chi connectivity index (χ4n) is 4.14. The van der Waals surface area contributed by atoms with E-state index in [9.17, 15) is 23.1 Å². The van der Waals surface area contributed by atoms with Crippen LogP contribution in [0.15, 0.2) is 53.6 Å². The van der Waals surface area contributed by atoms with Crippen molar-refractivity contribution in [2.75, 3.05) is 10.0 Å². The second kappa shape index (κ2) is 7.52. The van der Waals surface area contributed by atoms with Crippen molar-refractivity contribution in [2.45, 2.75) is 18.2 Å². The monoisotopic (exact) mass is 428 g/mol. The summed E-state index contributed by atoms with van der Waals surface area (Å²) in [6, 6.07) is 7.27. The van der Waals surface area contributed by atoms with Crippen molar-refractivity contribution in [1.29, 1.82) is 0 Å². The number of anilines is 2. The number of rotatable bonds is 6. The highest BCUT2D eigenvalue weighted by Gasteiger charge is 2.51. The molecule has 2 bridgehead atoms. The summed E-state index contributed by atoms with van der Waals surface area (Å²) in [5, 5.41) is 12.2. The van der Waals surface area contributed by atoms with E-state index < -0.39 is 27.8 Å². The average Bonchev–Trinajstić information content (AvgIpc) is 3.29. The summed E-state index contributed by atoms with van der Waals surface area (Å²) >= 11 is 0. The number of carboxylic acid groups (broad SMARTS) is 1. The molecular formula is C20H20N4O5S. The molecule has 0 aliphatic heterocycles. The number of carbonyl (C=O) groups is 2. The zero-order valence-corrected chi connectivity index (χ0v) is 16.8. The smallest absolute Gasteiger partial charge is 0.307 e. The lowest BCUT2D eigenvalue weighted by atomic mass is 9.82. The van der Waals surface area contributed by atoms with Gasteiger partial charge in [0, 0.05) is 17.6 Å². The highest BCUT2D eigenvalue weighted by molar-refractivity contribution is 7.92. The van der Waals surface area contributed by atoms with Crippen LogP contribution in [0.3, 0.4) is 0 Å². The van der Waals surface area contributed by atoms with Crippen LogP contribution in [0.1, 0.15) is 12.1 Å². The van der Waals surface area contributed by atoms with Crippen molar-refractivity contribution in [2.24, 2.45) is 23.7 Å². The van der Waals surface area contributed by atoms with E-state index in [1.54, 1.807) is 13.0 Å². The van der Waals surface area contributed by atoms with Gasteiger partial charge < -0.3 is 10.4 Å². The molecule has 1 fully saturated rings. The van der Waals surface area contributed by atoms with E-state index in [0.717, 1.165) is 0 Å². The van der Waals surface area contributed by atoms with Gasteiger partial charge in [0.05, 0.1) is 16.7 Å². The van der Waals surface area contributed by atoms with E-state index in [-0.39, 0.29) is 28.6 Å². The third-order valence-electron chi connectivity index (χ3n) is 5.50. The molecule has 3 N–H and O–H groups in total. The molecule has 2 aromatic rings. The first-order valence-corrected chi connectivity index (χ1v) is 10.9. The maximum absolute atomic E-state index is 12.7. The van der Waals surface area contributed by atoms with Crippen LogP contribution in [0.5, 0.6) is 0 Å². The number of hydrogen-bond donors (Lipinski definition) is 3. The standard InChI is InChI=1S/C20H20N4O5S/c1-11-8-9-21-20(22-11)24-30(28,29)15-6-4-14(5-7-15)23-18(25)16-12-2-3-13(10-12)17(16)19(26)27/h2-9,12-13,16-17H,10H2,1H3,(H,23,25)(H,26,27)(H,21,22,24)/t12-,13+,16+,17+/m1/s1. The van der Waals surface area contributed by atoms with Gasteiger partial charge in [0.1, 0.15) is 0 Å². The Morgan fingerprint density at radius 3 is 2.37 bits per heavy atom. The second-order valence-electron chi connectivity index (χ2n) is 7.48. The SMILES string of the molecule is Cc1ccnc(NS(=O)(=O)c2ccc(NC(=O)[C@@H]3[C@@H](C(=O)O)[C@H]4C=C[C@@H]3C4)cc2)n1. The molecule has 2 aliphatic carbocycles. The number of allylic oxidation sites excluding steroid dienone is 2. The number of carbonyl (C=O) groups excluding carboxylic acids is 1. The molecule has 30 heavy (non-hydrogen) atoms. The van der Waals surface area contributed by atoms with Gasteiger partial charge in [-0.05, 0) is 55.5 Å². The van der Waals surface area contributed by atoms with Gasteiger partial charge in [-0.25, -0.2) is 23.1 Å². The number of nitrogens with zero attached hydrogens (tertiary/aromatic N) is 2. The minimum Gasteiger partial charge on any atom is -0.481 e. The molecule has 1 aromatic carbocycles. The molecule has 4 atom stereocenters. The lowest BCUT2D eigenvalue weighted by Gasteiger charge is -2.23. The van der Waals surface area contributed by atoms with Gasteiger partial charge in [-0.3, -0.25) is 9.59 Å². The van der Waals surface area contributed by atoms with Gasteiger partial charge in [0.2, 0.25) is 11.9 Å². The summed E-state index contributed by atoms with van der Waals surface area (Å²) in [6.07, 6.45) is 5.90. The Bertz CT molecular complexity index is 1130. The van der Waals surface area contributed by atoms with Crippen LogP contribution in [-0.4, -0.2) is 35.4 Å². The Morgan fingerprint density at radius 1 is 1.07 bits per heavy atom. The average molecular weight is 428 g/mol. The van der Waals surface area contributed by atoms with Gasteiger partial charge in [-0.2, -0.15) is 0 Å². The molecule has 1 aromatic heterocycles. The molecule has 2 aliphatic rings. The Balaban J connectivity index is 1.46. The molecule has 1 saturated carbocycles. The van der Waals surface area contributed by atoms with E-state index in [4.69, 9.17) is 0 Å². The van der Waals surface area contributed by atoms with Crippen molar-refractivity contribution in [3.8, 4) is 0 Å². The van der Waals surface area contributed by atoms with E-state index >= 15 is 0 Å². The van der Waals surface area contributed by atoms with Crippen LogP contribution in [-0.2, 0) is 19.6 Å². The molecule has 10 heteroatoms. The van der Waals surface area contributed by atoms with Gasteiger partial charge >= 0.3 is 5.97 Å². The third kappa shape index (κ3) is 3.78. The highest BCUT2D eigenvalue weighted by Crippen LogP contribution is 2.48. The van der Waals surface area contributed by atoms with Crippen LogP contribution in [0.25, 0.3) is 0 Å². The number of amides is 1. The van der Waals surface area contributed by atoms with Crippen molar-refractivity contribution >= 4 is 33.5 Å². The number of aromatic nitrogens is 2. The zero-order valence-electron chi connectivity index (χ0n) is 16.0. The Labute approximate surface area is 173 Å². The van der Waals surface area contributed by atoms with Crippen LogP contribution in [0, 0.1) is 30.6 Å². The fraction of sp³-hybridized carbons (Fsp3) is 0.300. The first-order valence-electron chi connectivity index (χ1n) is 9.39. The summed E-state index contributed by atoms with van der Waals surface area (Å²) in [4.78, 5) is 32.2. The third-order valence-corrected chi connectivity index (χ3v) is 6.84. The van der Waals surface area contributed by atoms with Crippen LogP contribution in [0.2, 0.25) is 0 Å².